The lowest BCUT2D eigenvalue weighted by molar-refractivity contribution is 0.205. The molecule has 0 bridgehead atoms. The molecule has 0 heterocycles. The highest BCUT2D eigenvalue weighted by Crippen LogP contribution is 2.28. The quantitative estimate of drug-likeness (QED) is 0.617. The van der Waals surface area contributed by atoms with Gasteiger partial charge in [0.05, 0.1) is 0 Å². The largest absolute Gasteiger partial charge is 0.366 e. The SMILES string of the molecule is O=S(=O)(O)C1(O)C=CC(c2ccccc2)C=C1. The molecule has 0 aliphatic heterocycles. The van der Waals surface area contributed by atoms with Crippen LogP contribution in [0.4, 0.5) is 0 Å². The van der Waals surface area contributed by atoms with E-state index in [1.807, 2.05) is 30.3 Å². The lowest BCUT2D eigenvalue weighted by Gasteiger charge is -2.22. The first-order valence-corrected chi connectivity index (χ1v) is 6.49. The van der Waals surface area contributed by atoms with Crippen LogP contribution in [0.5, 0.6) is 0 Å². The number of allylic oxidation sites excluding steroid dienone is 2. The molecule has 0 saturated heterocycles. The maximum Gasteiger partial charge on any atom is 0.302 e. The molecule has 0 saturated carbocycles. The zero-order valence-corrected chi connectivity index (χ0v) is 9.71. The molecular formula is C12H12O4S. The maximum atomic E-state index is 11.0. The van der Waals surface area contributed by atoms with Gasteiger partial charge in [0, 0.05) is 5.92 Å². The molecule has 1 aliphatic rings. The van der Waals surface area contributed by atoms with Gasteiger partial charge in [-0.05, 0) is 17.7 Å². The zero-order chi connectivity index (χ0) is 12.5. The molecule has 0 spiro atoms. The molecule has 1 aliphatic carbocycles. The molecule has 0 fully saturated rings. The molecule has 0 radical (unpaired) electrons. The van der Waals surface area contributed by atoms with Gasteiger partial charge in [0.25, 0.3) is 0 Å². The summed E-state index contributed by atoms with van der Waals surface area (Å²) < 4.78 is 30.8. The first-order chi connectivity index (χ1) is 7.92. The van der Waals surface area contributed by atoms with E-state index in [-0.39, 0.29) is 5.92 Å². The predicted octanol–water partition coefficient (Wildman–Crippen LogP) is 1.47. The minimum atomic E-state index is -4.55. The van der Waals surface area contributed by atoms with Crippen LogP contribution in [0.3, 0.4) is 0 Å². The lowest BCUT2D eigenvalue weighted by Crippen LogP contribution is -2.35. The third-order valence-corrected chi connectivity index (χ3v) is 3.78. The third kappa shape index (κ3) is 2.31. The summed E-state index contributed by atoms with van der Waals surface area (Å²) in [5.41, 5.74) is 0.984. The molecule has 0 atom stereocenters. The topological polar surface area (TPSA) is 74.6 Å². The average Bonchev–Trinajstić information content (AvgIpc) is 2.30. The van der Waals surface area contributed by atoms with Crippen LogP contribution in [0.15, 0.2) is 54.6 Å². The van der Waals surface area contributed by atoms with Crippen LogP contribution in [-0.2, 0) is 10.1 Å². The molecule has 0 unspecified atom stereocenters. The molecule has 90 valence electrons. The predicted molar refractivity (Wildman–Crippen MR) is 64.0 cm³/mol. The van der Waals surface area contributed by atoms with E-state index in [0.29, 0.717) is 0 Å². The normalized spacial score (nSPS) is 28.2. The summed E-state index contributed by atoms with van der Waals surface area (Å²) in [6, 6.07) is 9.43. The van der Waals surface area contributed by atoms with Crippen molar-refractivity contribution in [3.63, 3.8) is 0 Å². The maximum absolute atomic E-state index is 11.0. The van der Waals surface area contributed by atoms with Gasteiger partial charge < -0.3 is 5.11 Å². The minimum absolute atomic E-state index is 0.0989. The number of aliphatic hydroxyl groups is 1. The van der Waals surface area contributed by atoms with E-state index in [9.17, 15) is 13.5 Å². The summed E-state index contributed by atoms with van der Waals surface area (Å²) in [6.45, 7) is 0. The van der Waals surface area contributed by atoms with Gasteiger partial charge in [-0.25, -0.2) is 0 Å². The van der Waals surface area contributed by atoms with Gasteiger partial charge in [-0.2, -0.15) is 8.42 Å². The molecule has 4 nitrogen and oxygen atoms in total. The van der Waals surface area contributed by atoms with E-state index in [4.69, 9.17) is 4.55 Å². The molecule has 1 aromatic rings. The summed E-state index contributed by atoms with van der Waals surface area (Å²) in [5, 5.41) is 9.66. The molecule has 17 heavy (non-hydrogen) atoms. The van der Waals surface area contributed by atoms with Crippen molar-refractivity contribution < 1.29 is 18.1 Å². The van der Waals surface area contributed by atoms with E-state index >= 15 is 0 Å². The van der Waals surface area contributed by atoms with Crippen molar-refractivity contribution in [3.8, 4) is 0 Å². The van der Waals surface area contributed by atoms with E-state index in [0.717, 1.165) is 17.7 Å². The van der Waals surface area contributed by atoms with Gasteiger partial charge in [0.1, 0.15) is 0 Å². The van der Waals surface area contributed by atoms with E-state index in [1.165, 1.54) is 0 Å². The smallest absolute Gasteiger partial charge is 0.302 e. The van der Waals surface area contributed by atoms with Crippen molar-refractivity contribution in [1.29, 1.82) is 0 Å². The van der Waals surface area contributed by atoms with Crippen molar-refractivity contribution >= 4 is 10.1 Å². The van der Waals surface area contributed by atoms with Crippen molar-refractivity contribution in [2.75, 3.05) is 0 Å². The van der Waals surface area contributed by atoms with Gasteiger partial charge in [-0.1, -0.05) is 42.5 Å². The Kier molecular flexibility index (Phi) is 2.91. The third-order valence-electron chi connectivity index (χ3n) is 2.68. The summed E-state index contributed by atoms with van der Waals surface area (Å²) in [5.74, 6) is -0.0989. The molecule has 1 aromatic carbocycles. The monoisotopic (exact) mass is 252 g/mol. The van der Waals surface area contributed by atoms with Crippen molar-refractivity contribution in [1.82, 2.24) is 0 Å². The molecule has 2 N–H and O–H groups in total. The van der Waals surface area contributed by atoms with Crippen molar-refractivity contribution in [3.05, 3.63) is 60.2 Å². The van der Waals surface area contributed by atoms with Crippen molar-refractivity contribution in [2.24, 2.45) is 0 Å². The fraction of sp³-hybridized carbons (Fsp3) is 0.167. The van der Waals surface area contributed by atoms with Crippen LogP contribution in [0.1, 0.15) is 11.5 Å². The second-order valence-electron chi connectivity index (χ2n) is 3.88. The Morgan fingerprint density at radius 2 is 1.59 bits per heavy atom. The highest BCUT2D eigenvalue weighted by Gasteiger charge is 2.37. The van der Waals surface area contributed by atoms with Gasteiger partial charge in [0.15, 0.2) is 0 Å². The number of rotatable bonds is 2. The van der Waals surface area contributed by atoms with E-state index in [1.54, 1.807) is 12.2 Å². The molecule has 0 amide bonds. The van der Waals surface area contributed by atoms with Gasteiger partial charge >= 0.3 is 10.1 Å². The van der Waals surface area contributed by atoms with Crippen LogP contribution < -0.4 is 0 Å². The average molecular weight is 252 g/mol. The Balaban J connectivity index is 2.28. The number of hydrogen-bond acceptors (Lipinski definition) is 3. The summed E-state index contributed by atoms with van der Waals surface area (Å²) in [4.78, 5) is -2.31. The van der Waals surface area contributed by atoms with Crippen LogP contribution in [-0.4, -0.2) is 23.0 Å². The second kappa shape index (κ2) is 4.10. The lowest BCUT2D eigenvalue weighted by atomic mass is 9.94. The highest BCUT2D eigenvalue weighted by molar-refractivity contribution is 7.87. The first-order valence-electron chi connectivity index (χ1n) is 5.05. The standard InChI is InChI=1S/C12H12O4S/c13-12(17(14,15)16)8-6-11(7-9-12)10-4-2-1-3-5-10/h1-9,11,13H,(H,14,15,16). The Morgan fingerprint density at radius 3 is 2.06 bits per heavy atom. The Hall–Kier alpha value is -1.43. The molecule has 2 rings (SSSR count). The molecule has 0 aromatic heterocycles. The fourth-order valence-electron chi connectivity index (χ4n) is 1.67. The number of hydrogen-bond donors (Lipinski definition) is 2. The van der Waals surface area contributed by atoms with Gasteiger partial charge in [-0.3, -0.25) is 4.55 Å². The Labute approximate surface area is 99.7 Å². The number of benzene rings is 1. The summed E-state index contributed by atoms with van der Waals surface area (Å²) in [6.07, 6.45) is 5.26. The summed E-state index contributed by atoms with van der Waals surface area (Å²) >= 11 is 0. The van der Waals surface area contributed by atoms with Crippen LogP contribution >= 0.6 is 0 Å². The van der Waals surface area contributed by atoms with Crippen LogP contribution in [0, 0.1) is 0 Å². The zero-order valence-electron chi connectivity index (χ0n) is 8.89. The Morgan fingerprint density at radius 1 is 1.06 bits per heavy atom. The van der Waals surface area contributed by atoms with E-state index in [2.05, 4.69) is 0 Å². The van der Waals surface area contributed by atoms with Crippen LogP contribution in [0.2, 0.25) is 0 Å². The van der Waals surface area contributed by atoms with E-state index < -0.39 is 15.1 Å². The minimum Gasteiger partial charge on any atom is -0.366 e. The van der Waals surface area contributed by atoms with Gasteiger partial charge in [0.2, 0.25) is 4.93 Å². The first kappa shape index (κ1) is 12.0. The van der Waals surface area contributed by atoms with Crippen LogP contribution in [0.25, 0.3) is 0 Å². The van der Waals surface area contributed by atoms with Gasteiger partial charge in [-0.15, -0.1) is 0 Å². The fourth-order valence-corrected chi connectivity index (χ4v) is 2.17. The molecule has 5 heteroatoms. The highest BCUT2D eigenvalue weighted by atomic mass is 32.2. The Bertz CT molecular complexity index is 543. The molecular weight excluding hydrogens is 240 g/mol. The van der Waals surface area contributed by atoms with Crippen molar-refractivity contribution in [2.45, 2.75) is 10.9 Å². The summed E-state index contributed by atoms with van der Waals surface area (Å²) in [7, 11) is -4.55. The second-order valence-corrected chi connectivity index (χ2v) is 5.49.